The van der Waals surface area contributed by atoms with Crippen molar-refractivity contribution < 1.29 is 19.0 Å². The highest BCUT2D eigenvalue weighted by Crippen LogP contribution is 2.38. The van der Waals surface area contributed by atoms with E-state index in [0.29, 0.717) is 30.9 Å². The summed E-state index contributed by atoms with van der Waals surface area (Å²) in [6.07, 6.45) is 3.28. The number of aromatic carboxylic acids is 1. The normalized spacial score (nSPS) is 24.1. The second-order valence-corrected chi connectivity index (χ2v) is 7.51. The summed E-state index contributed by atoms with van der Waals surface area (Å²) >= 11 is 0. The minimum absolute atomic E-state index is 0. The van der Waals surface area contributed by atoms with Crippen LogP contribution in [0, 0.1) is 5.82 Å². The molecule has 2 aromatic rings. The van der Waals surface area contributed by atoms with Crippen LogP contribution < -0.4 is 15.6 Å². The first-order valence-corrected chi connectivity index (χ1v) is 9.24. The number of nitrogens with zero attached hydrogens (tertiary/aromatic N) is 2. The molecule has 2 saturated heterocycles. The first kappa shape index (κ1) is 19.2. The fourth-order valence-corrected chi connectivity index (χ4v) is 4.20. The van der Waals surface area contributed by atoms with Crippen LogP contribution in [0.3, 0.4) is 0 Å². The van der Waals surface area contributed by atoms with Crippen molar-refractivity contribution in [3.8, 4) is 0 Å². The van der Waals surface area contributed by atoms with Crippen LogP contribution in [0.25, 0.3) is 10.9 Å². The topological polar surface area (TPSA) is 83.8 Å². The Hall–Kier alpha value is -2.16. The molecule has 28 heavy (non-hydrogen) atoms. The molecule has 0 unspecified atom stereocenters. The summed E-state index contributed by atoms with van der Waals surface area (Å²) in [5, 5.41) is 12.8. The number of carboxylic acids is 1. The van der Waals surface area contributed by atoms with Crippen molar-refractivity contribution in [2.75, 3.05) is 31.1 Å². The van der Waals surface area contributed by atoms with Crippen LogP contribution in [-0.2, 0) is 4.74 Å². The van der Waals surface area contributed by atoms with Gasteiger partial charge in [0.15, 0.2) is 0 Å². The molecule has 9 heteroatoms. The first-order valence-electron chi connectivity index (χ1n) is 9.24. The second kappa shape index (κ2) is 7.02. The number of nitrogens with one attached hydrogen (secondary N) is 1. The highest BCUT2D eigenvalue weighted by Gasteiger charge is 2.37. The van der Waals surface area contributed by atoms with Crippen LogP contribution in [-0.4, -0.2) is 54.0 Å². The lowest BCUT2D eigenvalue weighted by atomic mass is 10.1. The summed E-state index contributed by atoms with van der Waals surface area (Å²) in [5.41, 5.74) is 0.0677. The van der Waals surface area contributed by atoms with Crippen molar-refractivity contribution in [2.45, 2.75) is 31.0 Å². The number of aromatic nitrogens is 1. The number of benzene rings is 1. The highest BCUT2D eigenvalue weighted by atomic mass is 35.5. The van der Waals surface area contributed by atoms with Gasteiger partial charge in [-0.1, -0.05) is 0 Å². The van der Waals surface area contributed by atoms with E-state index >= 15 is 0 Å². The molecule has 0 bridgehead atoms. The third kappa shape index (κ3) is 3.05. The molecule has 2 N–H and O–H groups in total. The van der Waals surface area contributed by atoms with E-state index in [0.717, 1.165) is 19.4 Å². The number of hydrogen-bond acceptors (Lipinski definition) is 5. The third-order valence-electron chi connectivity index (χ3n) is 5.72. The number of pyridine rings is 1. The van der Waals surface area contributed by atoms with Crippen LogP contribution in [0.1, 0.15) is 29.2 Å². The van der Waals surface area contributed by atoms with E-state index < -0.39 is 17.2 Å². The zero-order valence-electron chi connectivity index (χ0n) is 15.1. The SMILES string of the molecule is Cl.O=C(O)c1cn(C2CC2)c2cc(N3C[C@@H]4NCCO[C@@H]4C3)c(F)cc2c1=O. The summed E-state index contributed by atoms with van der Waals surface area (Å²) in [4.78, 5) is 25.9. The molecule has 3 aliphatic rings. The van der Waals surface area contributed by atoms with E-state index in [9.17, 15) is 19.1 Å². The van der Waals surface area contributed by atoms with Gasteiger partial charge in [-0.15, -0.1) is 12.4 Å². The van der Waals surface area contributed by atoms with Crippen molar-refractivity contribution in [1.29, 1.82) is 0 Å². The summed E-state index contributed by atoms with van der Waals surface area (Å²) in [5.74, 6) is -1.80. The van der Waals surface area contributed by atoms with Crippen LogP contribution in [0.4, 0.5) is 10.1 Å². The standard InChI is InChI=1S/C19H20FN3O4.ClH/c20-13-5-11-15(23(10-1-2-10)7-12(18(11)24)19(25)26)6-16(13)22-8-14-17(9-22)27-4-3-21-14;/h5-7,10,14,17,21H,1-4,8-9H2,(H,25,26);1H/t14-,17+;/m0./s1. The van der Waals surface area contributed by atoms with Crippen molar-refractivity contribution in [1.82, 2.24) is 9.88 Å². The van der Waals surface area contributed by atoms with Crippen LogP contribution in [0.15, 0.2) is 23.1 Å². The molecule has 150 valence electrons. The maximum Gasteiger partial charge on any atom is 0.341 e. The number of anilines is 1. The van der Waals surface area contributed by atoms with Gasteiger partial charge in [-0.25, -0.2) is 9.18 Å². The highest BCUT2D eigenvalue weighted by molar-refractivity contribution is 5.93. The number of carboxylic acid groups (broad SMARTS) is 1. The van der Waals surface area contributed by atoms with Crippen molar-refractivity contribution >= 4 is 35.0 Å². The Morgan fingerprint density at radius 3 is 2.75 bits per heavy atom. The smallest absolute Gasteiger partial charge is 0.341 e. The monoisotopic (exact) mass is 409 g/mol. The Labute approximate surface area is 166 Å². The molecular formula is C19H21ClFN3O4. The average molecular weight is 410 g/mol. The second-order valence-electron chi connectivity index (χ2n) is 7.51. The lowest BCUT2D eigenvalue weighted by Gasteiger charge is -2.25. The molecule has 7 nitrogen and oxygen atoms in total. The number of carbonyl (C=O) groups is 1. The number of hydrogen-bond donors (Lipinski definition) is 2. The van der Waals surface area contributed by atoms with Gasteiger partial charge >= 0.3 is 5.97 Å². The molecule has 0 spiro atoms. The van der Waals surface area contributed by atoms with Gasteiger partial charge < -0.3 is 24.6 Å². The molecule has 2 aliphatic heterocycles. The molecule has 1 aliphatic carbocycles. The van der Waals surface area contributed by atoms with Gasteiger partial charge in [0.2, 0.25) is 5.43 Å². The molecule has 5 rings (SSSR count). The Bertz CT molecular complexity index is 993. The Morgan fingerprint density at radius 2 is 2.07 bits per heavy atom. The molecule has 3 fully saturated rings. The predicted octanol–water partition coefficient (Wildman–Crippen LogP) is 1.77. The molecule has 1 saturated carbocycles. The Morgan fingerprint density at radius 1 is 1.29 bits per heavy atom. The zero-order valence-corrected chi connectivity index (χ0v) is 15.9. The fourth-order valence-electron chi connectivity index (χ4n) is 4.20. The maximum atomic E-state index is 14.9. The zero-order chi connectivity index (χ0) is 18.7. The summed E-state index contributed by atoms with van der Waals surface area (Å²) < 4.78 is 22.5. The van der Waals surface area contributed by atoms with E-state index in [4.69, 9.17) is 4.74 Å². The van der Waals surface area contributed by atoms with Gasteiger partial charge in [0.1, 0.15) is 11.4 Å². The van der Waals surface area contributed by atoms with E-state index in [-0.39, 0.29) is 41.5 Å². The quantitative estimate of drug-likeness (QED) is 0.804. The van der Waals surface area contributed by atoms with E-state index in [2.05, 4.69) is 5.32 Å². The minimum Gasteiger partial charge on any atom is -0.477 e. The van der Waals surface area contributed by atoms with E-state index in [1.807, 2.05) is 9.47 Å². The van der Waals surface area contributed by atoms with E-state index in [1.165, 1.54) is 12.3 Å². The lowest BCUT2D eigenvalue weighted by molar-refractivity contribution is 0.0212. The third-order valence-corrected chi connectivity index (χ3v) is 5.72. The number of morpholine rings is 1. The molecule has 3 heterocycles. The predicted molar refractivity (Wildman–Crippen MR) is 104 cm³/mol. The van der Waals surface area contributed by atoms with Gasteiger partial charge in [0.25, 0.3) is 0 Å². The number of ether oxygens (including phenoxy) is 1. The molecule has 1 aromatic heterocycles. The summed E-state index contributed by atoms with van der Waals surface area (Å²) in [7, 11) is 0. The summed E-state index contributed by atoms with van der Waals surface area (Å²) in [6.45, 7) is 2.65. The van der Waals surface area contributed by atoms with E-state index in [1.54, 1.807) is 6.07 Å². The Balaban J connectivity index is 0.00000192. The van der Waals surface area contributed by atoms with Crippen molar-refractivity contribution in [3.05, 3.63) is 39.9 Å². The molecule has 0 amide bonds. The van der Waals surface area contributed by atoms with Crippen LogP contribution >= 0.6 is 12.4 Å². The van der Waals surface area contributed by atoms with Gasteiger partial charge in [-0.05, 0) is 25.0 Å². The largest absolute Gasteiger partial charge is 0.477 e. The first-order chi connectivity index (χ1) is 13.0. The fraction of sp³-hybridized carbons (Fsp3) is 0.474. The number of fused-ring (bicyclic) bond motifs is 2. The van der Waals surface area contributed by atoms with Gasteiger partial charge in [-0.3, -0.25) is 4.79 Å². The van der Waals surface area contributed by atoms with Crippen molar-refractivity contribution in [3.63, 3.8) is 0 Å². The molecule has 0 radical (unpaired) electrons. The molecular weight excluding hydrogens is 389 g/mol. The van der Waals surface area contributed by atoms with Gasteiger partial charge in [-0.2, -0.15) is 0 Å². The Kier molecular flexibility index (Phi) is 4.81. The van der Waals surface area contributed by atoms with Crippen molar-refractivity contribution in [2.24, 2.45) is 0 Å². The molecule has 2 atom stereocenters. The minimum atomic E-state index is -1.28. The average Bonchev–Trinajstić information content (AvgIpc) is 3.39. The van der Waals surface area contributed by atoms with Gasteiger partial charge in [0.05, 0.1) is 30.0 Å². The lowest BCUT2D eigenvalue weighted by Crippen LogP contribution is -2.47. The van der Waals surface area contributed by atoms with Crippen LogP contribution in [0.2, 0.25) is 0 Å². The summed E-state index contributed by atoms with van der Waals surface area (Å²) in [6, 6.07) is 3.20. The molecule has 1 aromatic carbocycles. The van der Waals surface area contributed by atoms with Gasteiger partial charge in [0, 0.05) is 37.3 Å². The number of rotatable bonds is 3. The number of halogens is 2. The maximum absolute atomic E-state index is 14.9. The van der Waals surface area contributed by atoms with Crippen LogP contribution in [0.5, 0.6) is 0 Å².